The highest BCUT2D eigenvalue weighted by Gasteiger charge is 2.50. The van der Waals surface area contributed by atoms with Gasteiger partial charge in [0, 0.05) is 18.5 Å². The van der Waals surface area contributed by atoms with E-state index < -0.39 is 74.0 Å². The number of nitrogens with two attached hydrogens (primary N) is 1. The molecule has 0 unspecified atom stereocenters. The van der Waals surface area contributed by atoms with Crippen molar-refractivity contribution in [2.45, 2.75) is 94.9 Å². The molecule has 2 aromatic rings. The highest BCUT2D eigenvalue weighted by atomic mass is 35.5. The fourth-order valence-corrected chi connectivity index (χ4v) is 8.91. The first-order valence-electron chi connectivity index (χ1n) is 16.8. The average molecular weight is 767 g/mol. The molecule has 0 radical (unpaired) electrons. The summed E-state index contributed by atoms with van der Waals surface area (Å²) in [5.74, 6) is -5.65. The van der Waals surface area contributed by atoms with E-state index in [-0.39, 0.29) is 59.5 Å². The van der Waals surface area contributed by atoms with E-state index in [1.54, 1.807) is 0 Å². The Bertz CT molecular complexity index is 1850. The molecule has 51 heavy (non-hydrogen) atoms. The standard InChI is InChI=1S/C33H41Cl2N7O8S/c1-32(2,48)26-17-37-40-42(26)21-16-25(30(46)39-33(27(43)28(36)44)10-12-51(49,50)13-11-33)41(18-21)31(47)24(14-19-6-4-3-5-7-19)38-29(45)20-8-9-22(34)23(35)15-20/h8-9,15,17,19,21,25,48H,3-7,10-14,16,18H2,1-2H3,(H2,36,44)(H,39,46)/t21-,25-/m0/s1. The van der Waals surface area contributed by atoms with Crippen molar-refractivity contribution in [1.29, 1.82) is 0 Å². The third-order valence-corrected chi connectivity index (χ3v) is 12.3. The Morgan fingerprint density at radius 2 is 1.75 bits per heavy atom. The zero-order valence-corrected chi connectivity index (χ0v) is 30.6. The van der Waals surface area contributed by atoms with E-state index in [0.29, 0.717) is 5.69 Å². The van der Waals surface area contributed by atoms with E-state index in [4.69, 9.17) is 28.9 Å². The molecule has 1 saturated carbocycles. The number of amides is 4. The van der Waals surface area contributed by atoms with Crippen LogP contribution in [0.2, 0.25) is 10.0 Å². The number of halogens is 2. The van der Waals surface area contributed by atoms with Crippen molar-refractivity contribution in [3.8, 4) is 0 Å². The van der Waals surface area contributed by atoms with Crippen LogP contribution >= 0.6 is 23.2 Å². The van der Waals surface area contributed by atoms with Crippen LogP contribution in [0.15, 0.2) is 29.4 Å². The summed E-state index contributed by atoms with van der Waals surface area (Å²) >= 11 is 12.2. The third-order valence-electron chi connectivity index (χ3n) is 9.95. The van der Waals surface area contributed by atoms with Crippen LogP contribution < -0.4 is 11.1 Å². The van der Waals surface area contributed by atoms with Crippen molar-refractivity contribution in [3.63, 3.8) is 0 Å². The normalized spacial score (nSPS) is 22.4. The van der Waals surface area contributed by atoms with E-state index in [2.05, 4.69) is 20.6 Å². The van der Waals surface area contributed by atoms with Crippen LogP contribution in [-0.2, 0) is 34.6 Å². The van der Waals surface area contributed by atoms with Gasteiger partial charge in [-0.1, -0.05) is 60.5 Å². The summed E-state index contributed by atoms with van der Waals surface area (Å²) in [4.78, 5) is 73.1. The van der Waals surface area contributed by atoms with Gasteiger partial charge in [-0.25, -0.2) is 18.1 Å². The number of ketones is 1. The number of nitrogens with zero attached hydrogens (tertiary/aromatic N) is 5. The van der Waals surface area contributed by atoms with Crippen molar-refractivity contribution in [2.75, 3.05) is 18.1 Å². The van der Waals surface area contributed by atoms with Crippen molar-refractivity contribution < 1.29 is 37.5 Å². The molecule has 2 aliphatic heterocycles. The van der Waals surface area contributed by atoms with Crippen molar-refractivity contribution in [3.05, 3.63) is 45.7 Å². The number of rotatable bonds is 10. The van der Waals surface area contributed by atoms with Crippen molar-refractivity contribution >= 4 is 68.2 Å². The maximum absolute atomic E-state index is 14.6. The number of sulfone groups is 1. The Kier molecular flexibility index (Phi) is 11.4. The van der Waals surface area contributed by atoms with Crippen molar-refractivity contribution in [2.24, 2.45) is 16.6 Å². The molecule has 4 amide bonds. The Morgan fingerprint density at radius 3 is 2.35 bits per heavy atom. The zero-order valence-electron chi connectivity index (χ0n) is 28.3. The maximum Gasteiger partial charge on any atom is 0.287 e. The number of carbonyl (C=O) groups excluding carboxylic acids is 5. The summed E-state index contributed by atoms with van der Waals surface area (Å²) in [6.07, 6.45) is 5.25. The molecule has 3 fully saturated rings. The molecule has 0 spiro atoms. The van der Waals surface area contributed by atoms with Crippen LogP contribution in [0.5, 0.6) is 0 Å². The molecular weight excluding hydrogens is 725 g/mol. The molecule has 4 N–H and O–H groups in total. The summed E-state index contributed by atoms with van der Waals surface area (Å²) in [5, 5.41) is 21.9. The van der Waals surface area contributed by atoms with Gasteiger partial charge in [0.15, 0.2) is 9.84 Å². The number of benzene rings is 1. The molecule has 276 valence electrons. The number of hydrogen-bond acceptors (Lipinski definition) is 10. The predicted molar refractivity (Wildman–Crippen MR) is 187 cm³/mol. The van der Waals surface area contributed by atoms with E-state index in [9.17, 15) is 37.5 Å². The first-order chi connectivity index (χ1) is 23.9. The molecule has 0 bridgehead atoms. The smallest absolute Gasteiger partial charge is 0.287 e. The minimum Gasteiger partial charge on any atom is -0.384 e. The minimum atomic E-state index is -3.54. The monoisotopic (exact) mass is 765 g/mol. The quantitative estimate of drug-likeness (QED) is 0.236. The van der Waals surface area contributed by atoms with Crippen LogP contribution in [0, 0.1) is 5.92 Å². The number of hydrogen-bond donors (Lipinski definition) is 3. The summed E-state index contributed by atoms with van der Waals surface area (Å²) in [6.45, 7) is 2.94. The Labute approximate surface area is 305 Å². The Hall–Kier alpha value is -3.73. The Morgan fingerprint density at radius 1 is 1.08 bits per heavy atom. The lowest BCUT2D eigenvalue weighted by Crippen LogP contribution is -2.64. The van der Waals surface area contributed by atoms with Gasteiger partial charge in [-0.2, -0.15) is 0 Å². The van der Waals surface area contributed by atoms with Crippen LogP contribution in [-0.4, -0.2) is 98.2 Å². The summed E-state index contributed by atoms with van der Waals surface area (Å²) in [7, 11) is -3.54. The minimum absolute atomic E-state index is 0.0477. The number of aromatic nitrogens is 3. The number of aliphatic hydroxyl groups is 1. The van der Waals surface area contributed by atoms with Crippen molar-refractivity contribution in [1.82, 2.24) is 25.2 Å². The number of nitrogens with one attached hydrogen (secondary N) is 1. The number of carbonyl (C=O) groups is 5. The third kappa shape index (κ3) is 8.67. The van der Waals surface area contributed by atoms with Gasteiger partial charge in [0.05, 0.1) is 39.5 Å². The zero-order chi connectivity index (χ0) is 37.3. The summed E-state index contributed by atoms with van der Waals surface area (Å²) in [6, 6.07) is 2.23. The van der Waals surface area contributed by atoms with E-state index in [0.717, 1.165) is 32.1 Å². The van der Waals surface area contributed by atoms with Gasteiger partial charge < -0.3 is 21.1 Å². The second-order valence-electron chi connectivity index (χ2n) is 14.1. The first kappa shape index (κ1) is 38.5. The lowest BCUT2D eigenvalue weighted by molar-refractivity contribution is -0.143. The van der Waals surface area contributed by atoms with Crippen LogP contribution in [0.1, 0.15) is 93.7 Å². The molecule has 1 aromatic carbocycles. The highest BCUT2D eigenvalue weighted by molar-refractivity contribution is 7.91. The largest absolute Gasteiger partial charge is 0.384 e. The van der Waals surface area contributed by atoms with Gasteiger partial charge in [0.2, 0.25) is 11.7 Å². The topological polar surface area (TPSA) is 224 Å². The molecule has 5 rings (SSSR count). The number of primary amides is 1. The van der Waals surface area contributed by atoms with Gasteiger partial charge in [-0.15, -0.1) is 5.10 Å². The highest BCUT2D eigenvalue weighted by Crippen LogP contribution is 2.34. The predicted octanol–water partition coefficient (Wildman–Crippen LogP) is 2.32. The van der Waals surface area contributed by atoms with E-state index in [1.807, 2.05) is 0 Å². The van der Waals surface area contributed by atoms with Gasteiger partial charge in [-0.05, 0) is 57.2 Å². The second kappa shape index (κ2) is 15.1. The number of Topliss-reactive ketones (excluding diaryl/α,β-unsaturated/α-hetero) is 1. The first-order valence-corrected chi connectivity index (χ1v) is 19.4. The molecule has 2 saturated heterocycles. The molecule has 1 aromatic heterocycles. The fraction of sp³-hybridized carbons (Fsp3) is 0.576. The van der Waals surface area contributed by atoms with Crippen LogP contribution in [0.4, 0.5) is 0 Å². The molecule has 3 heterocycles. The Balaban J connectivity index is 1.54. The average Bonchev–Trinajstić information content (AvgIpc) is 3.75. The van der Waals surface area contributed by atoms with Gasteiger partial charge in [0.25, 0.3) is 17.7 Å². The molecule has 2 atom stereocenters. The number of likely N-dealkylation sites (tertiary alicyclic amines) is 1. The van der Waals surface area contributed by atoms with E-state index in [1.165, 1.54) is 47.8 Å². The molecule has 15 nitrogen and oxygen atoms in total. The molecule has 18 heteroatoms. The number of aliphatic imine (C=N–C) groups is 1. The van der Waals surface area contributed by atoms with Crippen LogP contribution in [0.3, 0.4) is 0 Å². The van der Waals surface area contributed by atoms with Gasteiger partial charge >= 0.3 is 0 Å². The van der Waals surface area contributed by atoms with E-state index >= 15 is 0 Å². The lowest BCUT2D eigenvalue weighted by Gasteiger charge is -2.37. The van der Waals surface area contributed by atoms with Gasteiger partial charge in [-0.3, -0.25) is 24.0 Å². The lowest BCUT2D eigenvalue weighted by atomic mass is 9.85. The van der Waals surface area contributed by atoms with Crippen LogP contribution in [0.25, 0.3) is 0 Å². The molecule has 1 aliphatic carbocycles. The SMILES string of the molecule is CC(C)(O)c1cnnn1[C@H]1C[C@@H](C(=O)NC2(C(=O)C(N)=O)CCS(=O)(=O)CC2)N(C(=O)C(CC2CCCCC2)=NC(=O)c2ccc(Cl)c(Cl)c2)C1. The second-order valence-corrected chi connectivity index (χ2v) is 17.2. The maximum atomic E-state index is 14.6. The molecular formula is C33H41Cl2N7O8S. The molecule has 3 aliphatic rings. The fourth-order valence-electron chi connectivity index (χ4n) is 7.09. The summed E-state index contributed by atoms with van der Waals surface area (Å²) in [5.41, 5.74) is 2.37. The summed E-state index contributed by atoms with van der Waals surface area (Å²) < 4.78 is 26.0. The van der Waals surface area contributed by atoms with Gasteiger partial charge in [0.1, 0.15) is 22.9 Å².